The zero-order valence-corrected chi connectivity index (χ0v) is 16.1. The van der Waals surface area contributed by atoms with E-state index in [1.54, 1.807) is 6.20 Å². The Morgan fingerprint density at radius 3 is 3.11 bits per heavy atom. The van der Waals surface area contributed by atoms with Gasteiger partial charge in [-0.25, -0.2) is 0 Å². The maximum atomic E-state index is 12.2. The molecule has 2 heterocycles. The maximum Gasteiger partial charge on any atom is 0.221 e. The molecule has 1 amide bonds. The van der Waals surface area contributed by atoms with Gasteiger partial charge in [-0.3, -0.25) is 14.8 Å². The van der Waals surface area contributed by atoms with Gasteiger partial charge in [0.15, 0.2) is 0 Å². The monoisotopic (exact) mass is 370 g/mol. The average molecular weight is 370 g/mol. The molecule has 2 aromatic rings. The molecule has 6 nitrogen and oxygen atoms in total. The van der Waals surface area contributed by atoms with E-state index in [1.807, 2.05) is 12.3 Å². The van der Waals surface area contributed by atoms with E-state index in [9.17, 15) is 4.79 Å². The molecule has 0 saturated heterocycles. The Hall–Kier alpha value is -2.34. The lowest BCUT2D eigenvalue weighted by atomic mass is 10.1. The van der Waals surface area contributed by atoms with E-state index in [2.05, 4.69) is 45.5 Å². The van der Waals surface area contributed by atoms with E-state index < -0.39 is 0 Å². The van der Waals surface area contributed by atoms with Gasteiger partial charge in [0.25, 0.3) is 0 Å². The zero-order valence-electron chi connectivity index (χ0n) is 16.1. The van der Waals surface area contributed by atoms with Crippen molar-refractivity contribution in [2.75, 3.05) is 19.6 Å². The molecular formula is C21H30N4O2. The second-order valence-electron chi connectivity index (χ2n) is 7.18. The Morgan fingerprint density at radius 1 is 1.41 bits per heavy atom. The molecule has 0 spiro atoms. The largest absolute Gasteiger partial charge is 0.489 e. The molecule has 146 valence electrons. The van der Waals surface area contributed by atoms with Crippen molar-refractivity contribution in [1.82, 2.24) is 20.4 Å². The lowest BCUT2D eigenvalue weighted by molar-refractivity contribution is -0.121. The molecule has 1 unspecified atom stereocenters. The van der Waals surface area contributed by atoms with Crippen LogP contribution in [0.1, 0.15) is 43.7 Å². The maximum absolute atomic E-state index is 12.2. The van der Waals surface area contributed by atoms with Crippen LogP contribution < -0.4 is 10.1 Å². The van der Waals surface area contributed by atoms with Gasteiger partial charge in [-0.05, 0) is 30.9 Å². The molecule has 1 aromatic heterocycles. The summed E-state index contributed by atoms with van der Waals surface area (Å²) < 4.78 is 6.25. The van der Waals surface area contributed by atoms with Crippen LogP contribution in [0, 0.1) is 0 Å². The van der Waals surface area contributed by atoms with Crippen LogP contribution in [0.4, 0.5) is 0 Å². The van der Waals surface area contributed by atoms with Crippen molar-refractivity contribution in [3.63, 3.8) is 0 Å². The highest BCUT2D eigenvalue weighted by Crippen LogP contribution is 2.26. The van der Waals surface area contributed by atoms with Crippen LogP contribution in [0.2, 0.25) is 0 Å². The smallest absolute Gasteiger partial charge is 0.221 e. The summed E-state index contributed by atoms with van der Waals surface area (Å²) in [6.45, 7) is 5.30. The summed E-state index contributed by atoms with van der Waals surface area (Å²) in [7, 11) is 0. The number of carbonyl (C=O) groups excluding carboxylic acids is 1. The van der Waals surface area contributed by atoms with Crippen molar-refractivity contribution in [3.8, 4) is 5.75 Å². The van der Waals surface area contributed by atoms with Gasteiger partial charge in [-0.2, -0.15) is 5.10 Å². The number of nitrogens with zero attached hydrogens (tertiary/aromatic N) is 2. The number of para-hydroxylation sites is 1. The Bertz CT molecular complexity index is 702. The first-order valence-electron chi connectivity index (χ1n) is 9.96. The minimum absolute atomic E-state index is 0.0991. The van der Waals surface area contributed by atoms with Gasteiger partial charge in [0.05, 0.1) is 6.20 Å². The van der Waals surface area contributed by atoms with Gasteiger partial charge in [-0.1, -0.05) is 31.5 Å². The van der Waals surface area contributed by atoms with Crippen molar-refractivity contribution >= 4 is 5.91 Å². The number of ether oxygens (including phenoxy) is 1. The van der Waals surface area contributed by atoms with Gasteiger partial charge in [0.2, 0.25) is 5.91 Å². The minimum Gasteiger partial charge on any atom is -0.489 e. The van der Waals surface area contributed by atoms with Crippen LogP contribution in [0.5, 0.6) is 5.75 Å². The lowest BCUT2D eigenvalue weighted by Gasteiger charge is -2.23. The van der Waals surface area contributed by atoms with Gasteiger partial charge in [0.1, 0.15) is 11.9 Å². The molecular weight excluding hydrogens is 340 g/mol. The lowest BCUT2D eigenvalue weighted by Crippen LogP contribution is -2.36. The molecule has 2 N–H and O–H groups in total. The summed E-state index contributed by atoms with van der Waals surface area (Å²) in [5.74, 6) is 1.09. The standard InChI is InChI=1S/C21H30N4O2/c1-2-3-7-19-16-25(15-18-6-4-5-8-20(18)27-19)12-10-21(26)22-11-9-17-13-23-24-14-17/h4-6,8,13-14,19H,2-3,7,9-12,15-16H2,1H3,(H,22,26)(H,23,24). The number of amides is 1. The number of fused-ring (bicyclic) bond motifs is 1. The normalized spacial score (nSPS) is 17.0. The molecule has 1 aliphatic rings. The summed E-state index contributed by atoms with van der Waals surface area (Å²) in [5.41, 5.74) is 2.31. The fourth-order valence-electron chi connectivity index (χ4n) is 3.42. The van der Waals surface area contributed by atoms with Crippen molar-refractivity contribution in [2.45, 2.75) is 51.7 Å². The van der Waals surface area contributed by atoms with E-state index in [-0.39, 0.29) is 12.0 Å². The number of benzene rings is 1. The van der Waals surface area contributed by atoms with Crippen LogP contribution in [-0.2, 0) is 17.8 Å². The summed E-state index contributed by atoms with van der Waals surface area (Å²) in [6.07, 6.45) is 8.53. The second-order valence-corrected chi connectivity index (χ2v) is 7.18. The third-order valence-electron chi connectivity index (χ3n) is 4.95. The molecule has 0 bridgehead atoms. The predicted octanol–water partition coefficient (Wildman–Crippen LogP) is 2.91. The number of hydrogen-bond acceptors (Lipinski definition) is 4. The number of rotatable bonds is 9. The first-order chi connectivity index (χ1) is 13.2. The van der Waals surface area contributed by atoms with Gasteiger partial charge in [0, 0.05) is 44.4 Å². The van der Waals surface area contributed by atoms with Crippen LogP contribution in [0.25, 0.3) is 0 Å². The molecule has 1 aliphatic heterocycles. The molecule has 0 fully saturated rings. The summed E-state index contributed by atoms with van der Waals surface area (Å²) in [4.78, 5) is 14.6. The van der Waals surface area contributed by atoms with Crippen LogP contribution in [-0.4, -0.2) is 46.7 Å². The Kier molecular flexibility index (Phi) is 7.27. The Labute approximate surface area is 161 Å². The molecule has 0 saturated carbocycles. The Morgan fingerprint density at radius 2 is 2.30 bits per heavy atom. The number of carbonyl (C=O) groups is 1. The summed E-state index contributed by atoms with van der Waals surface area (Å²) in [5, 5.41) is 9.71. The summed E-state index contributed by atoms with van der Waals surface area (Å²) in [6, 6.07) is 8.25. The molecule has 1 atom stereocenters. The molecule has 0 radical (unpaired) electrons. The van der Waals surface area contributed by atoms with E-state index in [0.29, 0.717) is 13.0 Å². The number of nitrogens with one attached hydrogen (secondary N) is 2. The second kappa shape index (κ2) is 10.1. The molecule has 3 rings (SSSR count). The predicted molar refractivity (Wildman–Crippen MR) is 106 cm³/mol. The fourth-order valence-corrected chi connectivity index (χ4v) is 3.42. The van der Waals surface area contributed by atoms with E-state index in [1.165, 1.54) is 12.0 Å². The van der Waals surface area contributed by atoms with Gasteiger partial charge < -0.3 is 10.1 Å². The highest BCUT2D eigenvalue weighted by atomic mass is 16.5. The van der Waals surface area contributed by atoms with Gasteiger partial charge in [-0.15, -0.1) is 0 Å². The third-order valence-corrected chi connectivity index (χ3v) is 4.95. The number of unbranched alkanes of at least 4 members (excludes halogenated alkanes) is 1. The van der Waals surface area contributed by atoms with Crippen LogP contribution in [0.3, 0.4) is 0 Å². The van der Waals surface area contributed by atoms with E-state index in [4.69, 9.17) is 4.74 Å². The van der Waals surface area contributed by atoms with E-state index in [0.717, 1.165) is 50.2 Å². The molecule has 0 aliphatic carbocycles. The quantitative estimate of drug-likeness (QED) is 0.712. The van der Waals surface area contributed by atoms with Crippen molar-refractivity contribution < 1.29 is 9.53 Å². The fraction of sp³-hybridized carbons (Fsp3) is 0.524. The van der Waals surface area contributed by atoms with Crippen LogP contribution in [0.15, 0.2) is 36.7 Å². The summed E-state index contributed by atoms with van der Waals surface area (Å²) >= 11 is 0. The Balaban J connectivity index is 1.49. The zero-order chi connectivity index (χ0) is 18.9. The number of hydrogen-bond donors (Lipinski definition) is 2. The van der Waals surface area contributed by atoms with Crippen molar-refractivity contribution in [1.29, 1.82) is 0 Å². The van der Waals surface area contributed by atoms with Crippen molar-refractivity contribution in [3.05, 3.63) is 47.8 Å². The third kappa shape index (κ3) is 6.10. The molecule has 1 aromatic carbocycles. The highest BCUT2D eigenvalue weighted by Gasteiger charge is 2.22. The number of aromatic nitrogens is 2. The minimum atomic E-state index is 0.0991. The average Bonchev–Trinajstić information content (AvgIpc) is 3.12. The first-order valence-corrected chi connectivity index (χ1v) is 9.96. The SMILES string of the molecule is CCCCC1CN(CCC(=O)NCCc2cn[nH]c2)Cc2ccccc2O1. The number of H-pyrrole nitrogens is 1. The topological polar surface area (TPSA) is 70.2 Å². The number of aromatic amines is 1. The highest BCUT2D eigenvalue weighted by molar-refractivity contribution is 5.76. The molecule has 27 heavy (non-hydrogen) atoms. The van der Waals surface area contributed by atoms with E-state index >= 15 is 0 Å². The first kappa shape index (κ1) is 19.4. The molecule has 6 heteroatoms. The van der Waals surface area contributed by atoms with Crippen molar-refractivity contribution in [2.24, 2.45) is 0 Å². The van der Waals surface area contributed by atoms with Crippen LogP contribution >= 0.6 is 0 Å². The van der Waals surface area contributed by atoms with Gasteiger partial charge >= 0.3 is 0 Å².